The van der Waals surface area contributed by atoms with E-state index < -0.39 is 6.09 Å². The van der Waals surface area contributed by atoms with Crippen LogP contribution in [0.25, 0.3) is 0 Å². The van der Waals surface area contributed by atoms with Gasteiger partial charge in [0.05, 0.1) is 12.8 Å². The first-order chi connectivity index (χ1) is 16.5. The maximum absolute atomic E-state index is 12.8. The van der Waals surface area contributed by atoms with Crippen LogP contribution in [0.2, 0.25) is 0 Å². The number of methoxy groups -OCH3 is 1. The number of nitrogens with zero attached hydrogens (tertiary/aromatic N) is 2. The van der Waals surface area contributed by atoms with E-state index in [2.05, 4.69) is 0 Å². The van der Waals surface area contributed by atoms with Crippen LogP contribution in [0, 0.1) is 0 Å². The standard InChI is InChI=1S/C27H32N2O5/c1-34-24-9-5-4-7-19(24)12-15-28(27(32)33)14-6-2-3-8-23(30)22-17-20-10-11-25(31)29-16-13-21(18-22)26(20)29/h4-5,7,9,17-18H,2-3,6,8,10-16H2,1H3,(H,32,33). The molecule has 0 fully saturated rings. The number of ketones is 1. The van der Waals surface area contributed by atoms with Gasteiger partial charge in [-0.05, 0) is 67.0 Å². The Morgan fingerprint density at radius 2 is 1.79 bits per heavy atom. The third kappa shape index (κ3) is 5.24. The Morgan fingerprint density at radius 1 is 1.03 bits per heavy atom. The average Bonchev–Trinajstić information content (AvgIpc) is 3.28. The normalized spacial score (nSPS) is 14.1. The van der Waals surface area contributed by atoms with Crippen molar-refractivity contribution >= 4 is 23.5 Å². The first-order valence-corrected chi connectivity index (χ1v) is 12.1. The van der Waals surface area contributed by atoms with E-state index in [-0.39, 0.29) is 11.7 Å². The Kier molecular flexibility index (Phi) is 7.50. The molecule has 0 atom stereocenters. The number of carbonyl (C=O) groups excluding carboxylic acids is 2. The number of hydrogen-bond acceptors (Lipinski definition) is 4. The van der Waals surface area contributed by atoms with E-state index in [1.165, 1.54) is 4.90 Å². The molecule has 0 saturated heterocycles. The molecule has 2 aliphatic rings. The van der Waals surface area contributed by atoms with Crippen molar-refractivity contribution in [2.75, 3.05) is 31.6 Å². The van der Waals surface area contributed by atoms with E-state index >= 15 is 0 Å². The quantitative estimate of drug-likeness (QED) is 0.391. The van der Waals surface area contributed by atoms with Gasteiger partial charge in [0.2, 0.25) is 5.91 Å². The number of carbonyl (C=O) groups is 3. The van der Waals surface area contributed by atoms with Gasteiger partial charge in [-0.2, -0.15) is 0 Å². The molecule has 180 valence electrons. The highest BCUT2D eigenvalue weighted by molar-refractivity contribution is 6.02. The second-order valence-electron chi connectivity index (χ2n) is 9.00. The molecule has 0 bridgehead atoms. The van der Waals surface area contributed by atoms with Crippen molar-refractivity contribution in [3.8, 4) is 5.75 Å². The molecule has 0 spiro atoms. The summed E-state index contributed by atoms with van der Waals surface area (Å²) < 4.78 is 5.35. The number of benzene rings is 2. The fourth-order valence-electron chi connectivity index (χ4n) is 5.00. The van der Waals surface area contributed by atoms with Gasteiger partial charge in [-0.25, -0.2) is 4.79 Å². The fourth-order valence-corrected chi connectivity index (χ4v) is 5.00. The second kappa shape index (κ2) is 10.7. The van der Waals surface area contributed by atoms with Crippen molar-refractivity contribution in [3.05, 3.63) is 58.7 Å². The second-order valence-corrected chi connectivity index (χ2v) is 9.00. The lowest BCUT2D eigenvalue weighted by Gasteiger charge is -2.25. The summed E-state index contributed by atoms with van der Waals surface area (Å²) in [6, 6.07) is 11.6. The lowest BCUT2D eigenvalue weighted by Crippen LogP contribution is -2.32. The molecule has 0 aliphatic carbocycles. The zero-order valence-electron chi connectivity index (χ0n) is 19.7. The predicted molar refractivity (Wildman–Crippen MR) is 130 cm³/mol. The third-order valence-electron chi connectivity index (χ3n) is 6.82. The van der Waals surface area contributed by atoms with Crippen LogP contribution in [0.1, 0.15) is 59.2 Å². The summed E-state index contributed by atoms with van der Waals surface area (Å²) in [7, 11) is 1.61. The number of amides is 2. The largest absolute Gasteiger partial charge is 0.496 e. The van der Waals surface area contributed by atoms with Gasteiger partial charge >= 0.3 is 6.09 Å². The number of Topliss-reactive ketones (excluding diaryl/α,β-unsaturated/α-hetero) is 1. The van der Waals surface area contributed by atoms with Gasteiger partial charge in [0.15, 0.2) is 5.78 Å². The van der Waals surface area contributed by atoms with E-state index in [1.54, 1.807) is 7.11 Å². The van der Waals surface area contributed by atoms with Gasteiger partial charge in [0.1, 0.15) is 5.75 Å². The zero-order chi connectivity index (χ0) is 24.1. The van der Waals surface area contributed by atoms with E-state index in [9.17, 15) is 19.5 Å². The third-order valence-corrected chi connectivity index (χ3v) is 6.82. The predicted octanol–water partition coefficient (Wildman–Crippen LogP) is 4.50. The molecule has 1 N–H and O–H groups in total. The van der Waals surface area contributed by atoms with Crippen LogP contribution in [0.4, 0.5) is 10.5 Å². The number of unbranched alkanes of at least 4 members (excludes halogenated alkanes) is 2. The molecule has 7 heteroatoms. The van der Waals surface area contributed by atoms with Crippen LogP contribution >= 0.6 is 0 Å². The molecular formula is C27H32N2O5. The van der Waals surface area contributed by atoms with Crippen molar-refractivity contribution in [2.45, 2.75) is 51.4 Å². The highest BCUT2D eigenvalue weighted by Crippen LogP contribution is 2.37. The Morgan fingerprint density at radius 3 is 2.56 bits per heavy atom. The molecule has 7 nitrogen and oxygen atoms in total. The van der Waals surface area contributed by atoms with Crippen molar-refractivity contribution < 1.29 is 24.2 Å². The molecule has 4 rings (SSSR count). The van der Waals surface area contributed by atoms with Gasteiger partial charge in [0, 0.05) is 38.0 Å². The van der Waals surface area contributed by atoms with Gasteiger partial charge in [-0.1, -0.05) is 24.6 Å². The van der Waals surface area contributed by atoms with Crippen LogP contribution in [-0.2, 0) is 24.1 Å². The Labute approximate surface area is 200 Å². The minimum Gasteiger partial charge on any atom is -0.496 e. The highest BCUT2D eigenvalue weighted by Gasteiger charge is 2.31. The number of carboxylic acid groups (broad SMARTS) is 1. The molecule has 2 amide bonds. The van der Waals surface area contributed by atoms with E-state index in [4.69, 9.17) is 4.74 Å². The summed E-state index contributed by atoms with van der Waals surface area (Å²) >= 11 is 0. The maximum Gasteiger partial charge on any atom is 0.407 e. The molecule has 2 aromatic carbocycles. The molecule has 2 aliphatic heterocycles. The lowest BCUT2D eigenvalue weighted by atomic mass is 9.94. The topological polar surface area (TPSA) is 87.2 Å². The Hall–Kier alpha value is -3.35. The Bertz CT molecular complexity index is 1080. The molecular weight excluding hydrogens is 432 g/mol. The molecule has 0 aromatic heterocycles. The maximum atomic E-state index is 12.8. The van der Waals surface area contributed by atoms with Gasteiger partial charge < -0.3 is 19.6 Å². The van der Waals surface area contributed by atoms with Gasteiger partial charge in [-0.3, -0.25) is 9.59 Å². The van der Waals surface area contributed by atoms with Crippen LogP contribution < -0.4 is 9.64 Å². The van der Waals surface area contributed by atoms with E-state index in [0.29, 0.717) is 38.8 Å². The molecule has 0 unspecified atom stereocenters. The molecule has 2 heterocycles. The lowest BCUT2D eigenvalue weighted by molar-refractivity contribution is -0.118. The summed E-state index contributed by atoms with van der Waals surface area (Å²) in [6.45, 7) is 1.58. The van der Waals surface area contributed by atoms with E-state index in [1.807, 2.05) is 41.3 Å². The minimum absolute atomic E-state index is 0.126. The molecule has 2 aromatic rings. The SMILES string of the molecule is COc1ccccc1CCN(CCCCCC(=O)c1cc2c3c(c1)CCN3C(=O)CC2)C(=O)O. The highest BCUT2D eigenvalue weighted by atomic mass is 16.5. The number of aryl methyl sites for hydroxylation is 1. The monoisotopic (exact) mass is 464 g/mol. The van der Waals surface area contributed by atoms with Crippen molar-refractivity contribution in [1.29, 1.82) is 0 Å². The fraction of sp³-hybridized carbons (Fsp3) is 0.444. The smallest absolute Gasteiger partial charge is 0.407 e. The summed E-state index contributed by atoms with van der Waals surface area (Å²) in [5.41, 5.74) is 5.00. The first kappa shape index (κ1) is 23.8. The van der Waals surface area contributed by atoms with Crippen molar-refractivity contribution in [2.24, 2.45) is 0 Å². The molecule has 0 radical (unpaired) electrons. The van der Waals surface area contributed by atoms with Crippen LogP contribution in [0.15, 0.2) is 36.4 Å². The summed E-state index contributed by atoms with van der Waals surface area (Å²) in [4.78, 5) is 39.8. The summed E-state index contributed by atoms with van der Waals surface area (Å²) in [5, 5.41) is 9.55. The van der Waals surface area contributed by atoms with Crippen molar-refractivity contribution in [1.82, 2.24) is 4.90 Å². The Balaban J connectivity index is 1.23. The zero-order valence-corrected chi connectivity index (χ0v) is 19.7. The summed E-state index contributed by atoms with van der Waals surface area (Å²) in [5.74, 6) is 1.08. The molecule has 0 saturated carbocycles. The minimum atomic E-state index is -0.925. The number of rotatable bonds is 11. The van der Waals surface area contributed by atoms with Crippen LogP contribution in [0.3, 0.4) is 0 Å². The number of ether oxygens (including phenoxy) is 1. The van der Waals surface area contributed by atoms with Gasteiger partial charge in [-0.15, -0.1) is 0 Å². The number of para-hydroxylation sites is 1. The first-order valence-electron chi connectivity index (χ1n) is 12.1. The number of anilines is 1. The molecule has 34 heavy (non-hydrogen) atoms. The summed E-state index contributed by atoms with van der Waals surface area (Å²) in [6.07, 6.45) is 4.41. The van der Waals surface area contributed by atoms with Crippen LogP contribution in [0.5, 0.6) is 5.75 Å². The van der Waals surface area contributed by atoms with Crippen molar-refractivity contribution in [3.63, 3.8) is 0 Å². The number of hydrogen-bond donors (Lipinski definition) is 1. The average molecular weight is 465 g/mol. The van der Waals surface area contributed by atoms with E-state index in [0.717, 1.165) is 65.9 Å². The van der Waals surface area contributed by atoms with Crippen LogP contribution in [-0.4, -0.2) is 54.5 Å². The van der Waals surface area contributed by atoms with Gasteiger partial charge in [0.25, 0.3) is 0 Å².